The molecular formula is C15H22N4O3. The summed E-state index contributed by atoms with van der Waals surface area (Å²) in [6, 6.07) is 2.16. The Morgan fingerprint density at radius 1 is 1.27 bits per heavy atom. The van der Waals surface area contributed by atoms with Gasteiger partial charge in [0.2, 0.25) is 5.95 Å². The number of aromatic nitrogens is 2. The van der Waals surface area contributed by atoms with Crippen molar-refractivity contribution < 1.29 is 14.6 Å². The smallest absolute Gasteiger partial charge is 0.306 e. The summed E-state index contributed by atoms with van der Waals surface area (Å²) < 4.78 is 5.34. The second-order valence-corrected chi connectivity index (χ2v) is 5.87. The Morgan fingerprint density at radius 2 is 2.00 bits per heavy atom. The minimum atomic E-state index is -0.671. The predicted octanol–water partition coefficient (Wildman–Crippen LogP) is 1.37. The fourth-order valence-corrected chi connectivity index (χ4v) is 3.04. The van der Waals surface area contributed by atoms with Gasteiger partial charge in [-0.05, 0) is 31.7 Å². The molecule has 120 valence electrons. The Hall–Kier alpha value is -1.89. The molecule has 1 aromatic heterocycles. The standard InChI is InChI=1S/C15H22N4O3/c20-14(21)11-1-3-12(4-2-11)17-13-5-6-16-15(18-13)19-7-9-22-10-8-19/h5-6,11-12H,1-4,7-10H2,(H,20,21)(H,16,17,18). The topological polar surface area (TPSA) is 87.6 Å². The molecule has 3 rings (SSSR count). The molecule has 2 N–H and O–H groups in total. The quantitative estimate of drug-likeness (QED) is 0.868. The van der Waals surface area contributed by atoms with Crippen molar-refractivity contribution in [1.82, 2.24) is 9.97 Å². The van der Waals surface area contributed by atoms with Crippen LogP contribution in [0, 0.1) is 5.92 Å². The van der Waals surface area contributed by atoms with Crippen LogP contribution in [0.15, 0.2) is 12.3 Å². The second kappa shape index (κ2) is 6.91. The van der Waals surface area contributed by atoms with Gasteiger partial charge >= 0.3 is 5.97 Å². The largest absolute Gasteiger partial charge is 0.481 e. The van der Waals surface area contributed by atoms with Crippen molar-refractivity contribution in [3.05, 3.63) is 12.3 Å². The summed E-state index contributed by atoms with van der Waals surface area (Å²) in [5, 5.41) is 12.5. The van der Waals surface area contributed by atoms with Crippen LogP contribution in [-0.4, -0.2) is 53.4 Å². The van der Waals surface area contributed by atoms with Gasteiger partial charge in [-0.15, -0.1) is 0 Å². The maximum Gasteiger partial charge on any atom is 0.306 e. The maximum atomic E-state index is 11.0. The van der Waals surface area contributed by atoms with Crippen LogP contribution in [0.5, 0.6) is 0 Å². The molecule has 0 aromatic carbocycles. The Balaban J connectivity index is 1.58. The summed E-state index contributed by atoms with van der Waals surface area (Å²) >= 11 is 0. The Labute approximate surface area is 129 Å². The third-order valence-electron chi connectivity index (χ3n) is 4.37. The van der Waals surface area contributed by atoms with Crippen LogP contribution in [0.2, 0.25) is 0 Å². The van der Waals surface area contributed by atoms with Gasteiger partial charge in [0, 0.05) is 25.3 Å². The summed E-state index contributed by atoms with van der Waals surface area (Å²) in [6.07, 6.45) is 4.97. The van der Waals surface area contributed by atoms with Crippen LogP contribution < -0.4 is 10.2 Å². The highest BCUT2D eigenvalue weighted by Gasteiger charge is 2.26. The van der Waals surface area contributed by atoms with E-state index in [1.165, 1.54) is 0 Å². The van der Waals surface area contributed by atoms with Crippen molar-refractivity contribution in [2.45, 2.75) is 31.7 Å². The average Bonchev–Trinajstić information content (AvgIpc) is 2.56. The first-order valence-corrected chi connectivity index (χ1v) is 7.87. The fourth-order valence-electron chi connectivity index (χ4n) is 3.04. The van der Waals surface area contributed by atoms with E-state index in [0.717, 1.165) is 50.5 Å². The van der Waals surface area contributed by atoms with Crippen molar-refractivity contribution in [3.63, 3.8) is 0 Å². The average molecular weight is 306 g/mol. The van der Waals surface area contributed by atoms with E-state index in [4.69, 9.17) is 9.84 Å². The van der Waals surface area contributed by atoms with Crippen LogP contribution in [0.1, 0.15) is 25.7 Å². The lowest BCUT2D eigenvalue weighted by molar-refractivity contribution is -0.142. The van der Waals surface area contributed by atoms with Gasteiger partial charge in [-0.25, -0.2) is 4.98 Å². The molecule has 0 bridgehead atoms. The Kier molecular flexibility index (Phi) is 4.72. The first kappa shape index (κ1) is 15.0. The van der Waals surface area contributed by atoms with Gasteiger partial charge < -0.3 is 20.1 Å². The number of ether oxygens (including phenoxy) is 1. The molecule has 0 atom stereocenters. The summed E-state index contributed by atoms with van der Waals surface area (Å²) in [5.74, 6) is 0.685. The molecule has 1 aliphatic heterocycles. The molecule has 7 nitrogen and oxygen atoms in total. The van der Waals surface area contributed by atoms with E-state index < -0.39 is 5.97 Å². The van der Waals surface area contributed by atoms with Gasteiger partial charge in [-0.3, -0.25) is 4.79 Å². The number of carboxylic acids is 1. The number of morpholine rings is 1. The fraction of sp³-hybridized carbons (Fsp3) is 0.667. The third kappa shape index (κ3) is 3.65. The van der Waals surface area contributed by atoms with Crippen molar-refractivity contribution >= 4 is 17.7 Å². The number of rotatable bonds is 4. The van der Waals surface area contributed by atoms with E-state index in [2.05, 4.69) is 20.2 Å². The SMILES string of the molecule is O=C(O)C1CCC(Nc2ccnc(N3CCOCC3)n2)CC1. The molecule has 1 saturated heterocycles. The van der Waals surface area contributed by atoms with Crippen LogP contribution in [-0.2, 0) is 9.53 Å². The van der Waals surface area contributed by atoms with Gasteiger partial charge in [0.05, 0.1) is 19.1 Å². The number of aliphatic carboxylic acids is 1. The number of carbonyl (C=O) groups is 1. The number of carboxylic acid groups (broad SMARTS) is 1. The first-order valence-electron chi connectivity index (χ1n) is 7.87. The predicted molar refractivity (Wildman–Crippen MR) is 82.1 cm³/mol. The highest BCUT2D eigenvalue weighted by molar-refractivity contribution is 5.70. The lowest BCUT2D eigenvalue weighted by Crippen LogP contribution is -2.37. The van der Waals surface area contributed by atoms with Crippen LogP contribution in [0.25, 0.3) is 0 Å². The third-order valence-corrected chi connectivity index (χ3v) is 4.37. The van der Waals surface area contributed by atoms with Crippen LogP contribution in [0.3, 0.4) is 0 Å². The molecule has 0 unspecified atom stereocenters. The molecule has 1 aromatic rings. The van der Waals surface area contributed by atoms with E-state index in [9.17, 15) is 4.79 Å². The van der Waals surface area contributed by atoms with Crippen molar-refractivity contribution in [3.8, 4) is 0 Å². The molecular weight excluding hydrogens is 284 g/mol. The van der Waals surface area contributed by atoms with E-state index >= 15 is 0 Å². The zero-order chi connectivity index (χ0) is 15.4. The van der Waals surface area contributed by atoms with Gasteiger partial charge in [-0.1, -0.05) is 0 Å². The zero-order valence-electron chi connectivity index (χ0n) is 12.6. The molecule has 2 heterocycles. The lowest BCUT2D eigenvalue weighted by Gasteiger charge is -2.29. The van der Waals surface area contributed by atoms with Crippen molar-refractivity contribution in [1.29, 1.82) is 0 Å². The summed E-state index contributed by atoms with van der Waals surface area (Å²) in [6.45, 7) is 3.04. The summed E-state index contributed by atoms with van der Waals surface area (Å²) in [7, 11) is 0. The molecule has 0 radical (unpaired) electrons. The molecule has 7 heteroatoms. The number of nitrogens with zero attached hydrogens (tertiary/aromatic N) is 3. The molecule has 1 aliphatic carbocycles. The van der Waals surface area contributed by atoms with E-state index in [1.54, 1.807) is 6.20 Å². The van der Waals surface area contributed by atoms with Crippen LogP contribution >= 0.6 is 0 Å². The molecule has 1 saturated carbocycles. The second-order valence-electron chi connectivity index (χ2n) is 5.87. The summed E-state index contributed by atoms with van der Waals surface area (Å²) in [5.41, 5.74) is 0. The van der Waals surface area contributed by atoms with E-state index in [0.29, 0.717) is 19.3 Å². The first-order chi connectivity index (χ1) is 10.7. The minimum absolute atomic E-state index is 0.188. The molecule has 2 fully saturated rings. The Morgan fingerprint density at radius 3 is 2.68 bits per heavy atom. The maximum absolute atomic E-state index is 11.0. The number of hydrogen-bond acceptors (Lipinski definition) is 6. The van der Waals surface area contributed by atoms with Gasteiger partial charge in [0.1, 0.15) is 5.82 Å². The van der Waals surface area contributed by atoms with Gasteiger partial charge in [0.25, 0.3) is 0 Å². The molecule has 22 heavy (non-hydrogen) atoms. The van der Waals surface area contributed by atoms with Gasteiger partial charge in [-0.2, -0.15) is 4.98 Å². The number of anilines is 2. The van der Waals surface area contributed by atoms with Crippen molar-refractivity contribution in [2.75, 3.05) is 36.5 Å². The molecule has 0 spiro atoms. The highest BCUT2D eigenvalue weighted by Crippen LogP contribution is 2.26. The highest BCUT2D eigenvalue weighted by atomic mass is 16.5. The lowest BCUT2D eigenvalue weighted by atomic mass is 9.86. The molecule has 2 aliphatic rings. The van der Waals surface area contributed by atoms with E-state index in [-0.39, 0.29) is 5.92 Å². The number of nitrogens with one attached hydrogen (secondary N) is 1. The normalized spacial score (nSPS) is 25.7. The number of hydrogen-bond donors (Lipinski definition) is 2. The van der Waals surface area contributed by atoms with E-state index in [1.807, 2.05) is 6.07 Å². The summed E-state index contributed by atoms with van der Waals surface area (Å²) in [4.78, 5) is 22.0. The monoisotopic (exact) mass is 306 g/mol. The zero-order valence-corrected chi connectivity index (χ0v) is 12.6. The van der Waals surface area contributed by atoms with Gasteiger partial charge in [0.15, 0.2) is 0 Å². The Bertz CT molecular complexity index is 511. The van der Waals surface area contributed by atoms with Crippen molar-refractivity contribution in [2.24, 2.45) is 5.92 Å². The molecule has 0 amide bonds. The minimum Gasteiger partial charge on any atom is -0.481 e. The van der Waals surface area contributed by atoms with Crippen LogP contribution in [0.4, 0.5) is 11.8 Å².